The van der Waals surface area contributed by atoms with Gasteiger partial charge in [0.25, 0.3) is 0 Å². The van der Waals surface area contributed by atoms with Crippen LogP contribution in [0.5, 0.6) is 0 Å². The van der Waals surface area contributed by atoms with E-state index in [1.807, 2.05) is 0 Å². The van der Waals surface area contributed by atoms with Gasteiger partial charge in [-0.25, -0.2) is 5.11 Å². The summed E-state index contributed by atoms with van der Waals surface area (Å²) in [5, 5.41) is 10.1. The van der Waals surface area contributed by atoms with Crippen LogP contribution in [0.1, 0.15) is 58.3 Å². The Balaban J connectivity index is 2.87. The summed E-state index contributed by atoms with van der Waals surface area (Å²) < 4.78 is 0. The van der Waals surface area contributed by atoms with E-state index in [2.05, 4.69) is 19.1 Å². The molecule has 0 amide bonds. The van der Waals surface area contributed by atoms with Crippen LogP contribution in [-0.2, 0) is 5.11 Å². The Hall–Kier alpha value is -0.300. The number of allylic oxidation sites excluding steroid dienone is 2. The fourth-order valence-electron chi connectivity index (χ4n) is 1.36. The molecule has 0 aromatic heterocycles. The lowest BCUT2D eigenvalue weighted by molar-refractivity contribution is 0.186. The Morgan fingerprint density at radius 1 is 0.846 bits per heavy atom. The van der Waals surface area contributed by atoms with Gasteiger partial charge in [-0.3, -0.25) is 0 Å². The molecule has 0 saturated carbocycles. The van der Waals surface area contributed by atoms with E-state index in [-0.39, 0.29) is 6.61 Å². The zero-order chi connectivity index (χ0) is 9.78. The first-order chi connectivity index (χ1) is 6.41. The SMILES string of the molecule is CCC=CCCCCCCCC[O]. The van der Waals surface area contributed by atoms with Crippen LogP contribution in [0.3, 0.4) is 0 Å². The molecule has 1 heteroatoms. The highest BCUT2D eigenvalue weighted by molar-refractivity contribution is 4.79. The van der Waals surface area contributed by atoms with Gasteiger partial charge in [-0.1, -0.05) is 44.8 Å². The molecule has 0 aromatic carbocycles. The van der Waals surface area contributed by atoms with E-state index >= 15 is 0 Å². The summed E-state index contributed by atoms with van der Waals surface area (Å²) in [7, 11) is 0. The fraction of sp³-hybridized carbons (Fsp3) is 0.833. The van der Waals surface area contributed by atoms with Crippen LogP contribution < -0.4 is 0 Å². The molecule has 77 valence electrons. The van der Waals surface area contributed by atoms with Gasteiger partial charge in [-0.15, -0.1) is 0 Å². The molecule has 0 aromatic rings. The molecule has 0 rings (SSSR count). The van der Waals surface area contributed by atoms with Gasteiger partial charge >= 0.3 is 0 Å². The highest BCUT2D eigenvalue weighted by Crippen LogP contribution is 2.07. The van der Waals surface area contributed by atoms with Gasteiger partial charge in [0.05, 0.1) is 6.61 Å². The van der Waals surface area contributed by atoms with Crippen LogP contribution >= 0.6 is 0 Å². The van der Waals surface area contributed by atoms with Gasteiger partial charge in [0.2, 0.25) is 0 Å². The maximum absolute atomic E-state index is 10.1. The molecule has 1 nitrogen and oxygen atoms in total. The molecule has 0 heterocycles. The number of unbranched alkanes of at least 4 members (excludes halogenated alkanes) is 6. The smallest absolute Gasteiger partial charge is 0.0822 e. The second kappa shape index (κ2) is 11.7. The van der Waals surface area contributed by atoms with Crippen LogP contribution in [0.4, 0.5) is 0 Å². The predicted octanol–water partition coefficient (Wildman–Crippen LogP) is 4.11. The van der Waals surface area contributed by atoms with Crippen molar-refractivity contribution >= 4 is 0 Å². The summed E-state index contributed by atoms with van der Waals surface area (Å²) in [6.45, 7) is 2.28. The molecule has 0 saturated heterocycles. The molecule has 0 unspecified atom stereocenters. The topological polar surface area (TPSA) is 19.9 Å². The minimum atomic E-state index is 0.110. The summed E-state index contributed by atoms with van der Waals surface area (Å²) >= 11 is 0. The molecule has 0 fully saturated rings. The van der Waals surface area contributed by atoms with Gasteiger partial charge in [-0.2, -0.15) is 0 Å². The van der Waals surface area contributed by atoms with Crippen molar-refractivity contribution in [1.82, 2.24) is 0 Å². The average molecular weight is 183 g/mol. The lowest BCUT2D eigenvalue weighted by atomic mass is 10.1. The van der Waals surface area contributed by atoms with Crippen molar-refractivity contribution in [2.24, 2.45) is 0 Å². The summed E-state index contributed by atoms with van der Waals surface area (Å²) in [6, 6.07) is 0. The largest absolute Gasteiger partial charge is 0.237 e. The number of hydrogen-bond donors (Lipinski definition) is 0. The van der Waals surface area contributed by atoms with Crippen molar-refractivity contribution in [3.8, 4) is 0 Å². The third-order valence-corrected chi connectivity index (χ3v) is 2.17. The van der Waals surface area contributed by atoms with Gasteiger partial charge in [0.1, 0.15) is 0 Å². The van der Waals surface area contributed by atoms with E-state index in [4.69, 9.17) is 0 Å². The van der Waals surface area contributed by atoms with Gasteiger partial charge < -0.3 is 0 Å². The molecular weight excluding hydrogens is 160 g/mol. The van der Waals surface area contributed by atoms with Crippen molar-refractivity contribution in [1.29, 1.82) is 0 Å². The minimum absolute atomic E-state index is 0.110. The lowest BCUT2D eigenvalue weighted by Crippen LogP contribution is -1.82. The molecule has 0 aliphatic rings. The first kappa shape index (κ1) is 12.7. The van der Waals surface area contributed by atoms with Gasteiger partial charge in [0, 0.05) is 0 Å². The highest BCUT2D eigenvalue weighted by atomic mass is 16.2. The van der Waals surface area contributed by atoms with Crippen LogP contribution in [-0.4, -0.2) is 6.61 Å². The molecular formula is C12H23O. The average Bonchev–Trinajstić information content (AvgIpc) is 2.16. The normalized spacial score (nSPS) is 11.2. The first-order valence-electron chi connectivity index (χ1n) is 5.65. The Labute approximate surface area is 82.9 Å². The maximum Gasteiger partial charge on any atom is 0.0822 e. The Morgan fingerprint density at radius 3 is 2.08 bits per heavy atom. The second-order valence-corrected chi connectivity index (χ2v) is 3.49. The zero-order valence-electron chi connectivity index (χ0n) is 8.93. The standard InChI is InChI=1S/C12H23O/c1-2-3-4-5-6-7-8-9-10-11-12-13/h3-4H,2,5-12H2,1H3. The van der Waals surface area contributed by atoms with E-state index in [0.717, 1.165) is 19.3 Å². The number of hydrogen-bond acceptors (Lipinski definition) is 0. The predicted molar refractivity (Wildman–Crippen MR) is 57.3 cm³/mol. The molecule has 0 N–H and O–H groups in total. The van der Waals surface area contributed by atoms with E-state index in [0.29, 0.717) is 0 Å². The summed E-state index contributed by atoms with van der Waals surface area (Å²) in [5.41, 5.74) is 0. The van der Waals surface area contributed by atoms with Crippen molar-refractivity contribution in [2.75, 3.05) is 6.61 Å². The second-order valence-electron chi connectivity index (χ2n) is 3.49. The molecule has 0 atom stereocenters. The van der Waals surface area contributed by atoms with Crippen LogP contribution in [0.25, 0.3) is 0 Å². The monoisotopic (exact) mass is 183 g/mol. The van der Waals surface area contributed by atoms with Gasteiger partial charge in [-0.05, 0) is 25.7 Å². The summed E-state index contributed by atoms with van der Waals surface area (Å²) in [5.74, 6) is 0. The van der Waals surface area contributed by atoms with Crippen molar-refractivity contribution in [2.45, 2.75) is 58.3 Å². The van der Waals surface area contributed by atoms with Crippen molar-refractivity contribution in [3.63, 3.8) is 0 Å². The Morgan fingerprint density at radius 2 is 1.46 bits per heavy atom. The highest BCUT2D eigenvalue weighted by Gasteiger charge is 1.89. The van der Waals surface area contributed by atoms with Gasteiger partial charge in [0.15, 0.2) is 0 Å². The fourth-order valence-corrected chi connectivity index (χ4v) is 1.36. The molecule has 0 aliphatic heterocycles. The van der Waals surface area contributed by atoms with Crippen LogP contribution in [0.2, 0.25) is 0 Å². The summed E-state index contributed by atoms with van der Waals surface area (Å²) in [6.07, 6.45) is 14.1. The molecule has 0 bridgehead atoms. The molecule has 0 spiro atoms. The molecule has 1 radical (unpaired) electrons. The van der Waals surface area contributed by atoms with Crippen LogP contribution in [0.15, 0.2) is 12.2 Å². The van der Waals surface area contributed by atoms with E-state index in [1.165, 1.54) is 32.1 Å². The summed E-state index contributed by atoms with van der Waals surface area (Å²) in [4.78, 5) is 0. The van der Waals surface area contributed by atoms with Crippen molar-refractivity contribution < 1.29 is 5.11 Å². The maximum atomic E-state index is 10.1. The van der Waals surface area contributed by atoms with Crippen LogP contribution in [0, 0.1) is 0 Å². The van der Waals surface area contributed by atoms with E-state index in [9.17, 15) is 5.11 Å². The number of rotatable bonds is 9. The van der Waals surface area contributed by atoms with E-state index < -0.39 is 0 Å². The Kier molecular flexibility index (Phi) is 11.4. The van der Waals surface area contributed by atoms with Crippen molar-refractivity contribution in [3.05, 3.63) is 12.2 Å². The van der Waals surface area contributed by atoms with E-state index in [1.54, 1.807) is 0 Å². The minimum Gasteiger partial charge on any atom is -0.237 e. The Bertz CT molecular complexity index is 108. The molecule has 0 aliphatic carbocycles. The molecule has 13 heavy (non-hydrogen) atoms. The first-order valence-corrected chi connectivity index (χ1v) is 5.65. The zero-order valence-corrected chi connectivity index (χ0v) is 8.93. The lowest BCUT2D eigenvalue weighted by Gasteiger charge is -1.97. The quantitative estimate of drug-likeness (QED) is 0.378. The third-order valence-electron chi connectivity index (χ3n) is 2.17. The third kappa shape index (κ3) is 11.7.